The fourth-order valence-electron chi connectivity index (χ4n) is 3.01. The van der Waals surface area contributed by atoms with E-state index in [1.807, 2.05) is 12.2 Å². The Bertz CT molecular complexity index is 448. The lowest BCUT2D eigenvalue weighted by molar-refractivity contribution is -0.137. The van der Waals surface area contributed by atoms with Crippen molar-refractivity contribution in [3.8, 4) is 0 Å². The third-order valence-corrected chi connectivity index (χ3v) is 4.56. The Hall–Kier alpha value is -1.21. The number of unbranched alkanes of at least 4 members (excludes halogenated alkanes) is 3. The summed E-state index contributed by atoms with van der Waals surface area (Å²) in [5.74, 6) is -0.804. The zero-order valence-electron chi connectivity index (χ0n) is 15.7. The van der Waals surface area contributed by atoms with Crippen molar-refractivity contribution in [2.24, 2.45) is 0 Å². The molecule has 6 nitrogen and oxygen atoms in total. The maximum absolute atomic E-state index is 10.4. The van der Waals surface area contributed by atoms with Crippen LogP contribution >= 0.6 is 0 Å². The van der Waals surface area contributed by atoms with Crippen molar-refractivity contribution in [2.45, 2.75) is 95.2 Å². The molecule has 26 heavy (non-hydrogen) atoms. The van der Waals surface area contributed by atoms with Gasteiger partial charge in [0.15, 0.2) is 0 Å². The number of rotatable bonds is 13. The van der Waals surface area contributed by atoms with Crippen LogP contribution in [0, 0.1) is 0 Å². The molecule has 0 aromatic rings. The van der Waals surface area contributed by atoms with Crippen LogP contribution in [-0.2, 0) is 9.53 Å². The molecule has 0 unspecified atom stereocenters. The highest BCUT2D eigenvalue weighted by Crippen LogP contribution is 2.27. The zero-order chi connectivity index (χ0) is 19.4. The molecule has 1 rings (SSSR count). The van der Waals surface area contributed by atoms with E-state index in [9.17, 15) is 20.1 Å². The van der Waals surface area contributed by atoms with Crippen molar-refractivity contribution in [3.05, 3.63) is 24.3 Å². The Kier molecular flexibility index (Phi) is 11.4. The molecular weight excluding hydrogens is 336 g/mol. The van der Waals surface area contributed by atoms with Gasteiger partial charge in [-0.25, -0.2) is 0 Å². The van der Waals surface area contributed by atoms with Crippen LogP contribution in [0.2, 0.25) is 0 Å². The molecule has 1 heterocycles. The molecule has 1 fully saturated rings. The Morgan fingerprint density at radius 3 is 2.65 bits per heavy atom. The van der Waals surface area contributed by atoms with Crippen molar-refractivity contribution in [3.63, 3.8) is 0 Å². The Morgan fingerprint density at radius 2 is 1.96 bits per heavy atom. The second-order valence-electron chi connectivity index (χ2n) is 6.95. The van der Waals surface area contributed by atoms with Crippen LogP contribution in [0.25, 0.3) is 0 Å². The maximum Gasteiger partial charge on any atom is 0.303 e. The van der Waals surface area contributed by atoms with Gasteiger partial charge in [-0.05, 0) is 25.7 Å². The largest absolute Gasteiger partial charge is 0.481 e. The molecule has 6 heteroatoms. The summed E-state index contributed by atoms with van der Waals surface area (Å²) in [6, 6.07) is 0. The number of hydrogen-bond donors (Lipinski definition) is 4. The third kappa shape index (κ3) is 9.48. The number of carboxylic acid groups (broad SMARTS) is 1. The van der Waals surface area contributed by atoms with Crippen LogP contribution in [0.3, 0.4) is 0 Å². The molecule has 1 saturated heterocycles. The van der Waals surface area contributed by atoms with E-state index in [2.05, 4.69) is 6.92 Å². The zero-order valence-corrected chi connectivity index (χ0v) is 15.7. The van der Waals surface area contributed by atoms with Crippen molar-refractivity contribution >= 4 is 5.97 Å². The third-order valence-electron chi connectivity index (χ3n) is 4.56. The summed E-state index contributed by atoms with van der Waals surface area (Å²) in [6.45, 7) is 2.12. The van der Waals surface area contributed by atoms with Crippen LogP contribution in [0.15, 0.2) is 24.3 Å². The van der Waals surface area contributed by atoms with Crippen LogP contribution in [-0.4, -0.2) is 56.9 Å². The lowest BCUT2D eigenvalue weighted by Gasteiger charge is -2.17. The highest BCUT2D eigenvalue weighted by Gasteiger charge is 2.36. The smallest absolute Gasteiger partial charge is 0.303 e. The minimum absolute atomic E-state index is 0.145. The van der Waals surface area contributed by atoms with E-state index in [-0.39, 0.29) is 12.5 Å². The molecule has 0 aliphatic carbocycles. The van der Waals surface area contributed by atoms with Gasteiger partial charge >= 0.3 is 5.97 Å². The van der Waals surface area contributed by atoms with Crippen LogP contribution in [0.4, 0.5) is 0 Å². The van der Waals surface area contributed by atoms with Gasteiger partial charge in [-0.2, -0.15) is 0 Å². The average Bonchev–Trinajstić information content (AvgIpc) is 2.97. The fraction of sp³-hybridized carbons (Fsp3) is 0.750. The van der Waals surface area contributed by atoms with Crippen LogP contribution in [0.1, 0.15) is 64.7 Å². The summed E-state index contributed by atoms with van der Waals surface area (Å²) >= 11 is 0. The molecular formula is C20H34O6. The number of aliphatic hydroxyl groups excluding tert-OH is 3. The topological polar surface area (TPSA) is 107 Å². The summed E-state index contributed by atoms with van der Waals surface area (Å²) in [5.41, 5.74) is 0. The van der Waals surface area contributed by atoms with E-state index >= 15 is 0 Å². The Morgan fingerprint density at radius 1 is 1.19 bits per heavy atom. The first-order chi connectivity index (χ1) is 12.4. The second kappa shape index (κ2) is 13.0. The first-order valence-corrected chi connectivity index (χ1v) is 9.68. The van der Waals surface area contributed by atoms with Gasteiger partial charge in [-0.3, -0.25) is 4.79 Å². The van der Waals surface area contributed by atoms with E-state index in [4.69, 9.17) is 9.84 Å². The first kappa shape index (κ1) is 22.8. The van der Waals surface area contributed by atoms with Gasteiger partial charge in [0.2, 0.25) is 0 Å². The Labute approximate surface area is 156 Å². The normalized spacial score (nSPS) is 25.9. The van der Waals surface area contributed by atoms with Gasteiger partial charge < -0.3 is 25.2 Å². The molecule has 150 valence electrons. The summed E-state index contributed by atoms with van der Waals surface area (Å²) in [5, 5.41) is 38.7. The van der Waals surface area contributed by atoms with E-state index in [0.717, 1.165) is 25.7 Å². The first-order valence-electron chi connectivity index (χ1n) is 9.68. The van der Waals surface area contributed by atoms with E-state index in [1.165, 1.54) is 12.2 Å². The average molecular weight is 370 g/mol. The van der Waals surface area contributed by atoms with Crippen molar-refractivity contribution in [1.29, 1.82) is 0 Å². The van der Waals surface area contributed by atoms with Crippen LogP contribution < -0.4 is 0 Å². The maximum atomic E-state index is 10.4. The lowest BCUT2D eigenvalue weighted by Crippen LogP contribution is -2.25. The number of aliphatic hydroxyl groups is 3. The summed E-state index contributed by atoms with van der Waals surface area (Å²) in [4.78, 5) is 10.4. The van der Waals surface area contributed by atoms with Gasteiger partial charge in [-0.15, -0.1) is 0 Å². The number of aliphatic carboxylic acids is 1. The molecule has 0 radical (unpaired) electrons. The van der Waals surface area contributed by atoms with Gasteiger partial charge in [0.1, 0.15) is 0 Å². The molecule has 0 spiro atoms. The molecule has 1 aliphatic rings. The minimum atomic E-state index is -0.852. The van der Waals surface area contributed by atoms with Gasteiger partial charge in [0, 0.05) is 12.8 Å². The van der Waals surface area contributed by atoms with E-state index in [1.54, 1.807) is 0 Å². The number of carboxylic acids is 1. The lowest BCUT2D eigenvalue weighted by atomic mass is 10.0. The van der Waals surface area contributed by atoms with Crippen LogP contribution in [0.5, 0.6) is 0 Å². The molecule has 0 amide bonds. The van der Waals surface area contributed by atoms with Gasteiger partial charge in [-0.1, -0.05) is 50.5 Å². The van der Waals surface area contributed by atoms with Crippen molar-refractivity contribution < 1.29 is 30.0 Å². The molecule has 0 aromatic heterocycles. The molecule has 0 aromatic carbocycles. The predicted molar refractivity (Wildman–Crippen MR) is 99.8 cm³/mol. The molecule has 5 atom stereocenters. The number of ether oxygens (including phenoxy) is 1. The predicted octanol–water partition coefficient (Wildman–Crippen LogP) is 2.56. The summed E-state index contributed by atoms with van der Waals surface area (Å²) in [7, 11) is 0. The highest BCUT2D eigenvalue weighted by atomic mass is 16.5. The summed E-state index contributed by atoms with van der Waals surface area (Å²) in [6.07, 6.45) is 10.2. The Balaban J connectivity index is 2.27. The molecule has 0 bridgehead atoms. The monoisotopic (exact) mass is 370 g/mol. The fourth-order valence-corrected chi connectivity index (χ4v) is 3.01. The standard InChI is InChI=1S/C20H34O6/c1-2-3-6-10-18-17(23)14-19(26-18)16(22)13-12-15(21)9-7-4-5-8-11-20(24)25/h4,7,12-13,15-19,21-23H,2-3,5-6,8-11,14H2,1H3,(H,24,25)/b7-4-,13-12-/t15-,16+,17+,18+,19-/m0/s1. The minimum Gasteiger partial charge on any atom is -0.481 e. The molecule has 0 saturated carbocycles. The number of hydrogen-bond acceptors (Lipinski definition) is 5. The molecule has 1 aliphatic heterocycles. The number of allylic oxidation sites excluding steroid dienone is 1. The van der Waals surface area contributed by atoms with E-state index < -0.39 is 30.4 Å². The van der Waals surface area contributed by atoms with Gasteiger partial charge in [0.25, 0.3) is 0 Å². The van der Waals surface area contributed by atoms with Crippen molar-refractivity contribution in [2.75, 3.05) is 0 Å². The van der Waals surface area contributed by atoms with E-state index in [0.29, 0.717) is 25.7 Å². The number of carbonyl (C=O) groups is 1. The van der Waals surface area contributed by atoms with Gasteiger partial charge in [0.05, 0.1) is 30.5 Å². The SMILES string of the molecule is CCCCC[C@H]1O[C@H]([C@H](O)/C=C\[C@@H](O)C/C=C\CCCC(=O)O)C[C@H]1O. The quantitative estimate of drug-likeness (QED) is 0.293. The second-order valence-corrected chi connectivity index (χ2v) is 6.95. The highest BCUT2D eigenvalue weighted by molar-refractivity contribution is 5.66. The summed E-state index contributed by atoms with van der Waals surface area (Å²) < 4.78 is 5.76. The molecule has 4 N–H and O–H groups in total. The van der Waals surface area contributed by atoms with Crippen molar-refractivity contribution in [1.82, 2.24) is 0 Å².